The Kier molecular flexibility index (Phi) is 3.24. The summed E-state index contributed by atoms with van der Waals surface area (Å²) in [6, 6.07) is 6.08. The molecule has 1 aromatic carbocycles. The van der Waals surface area contributed by atoms with E-state index in [0.717, 1.165) is 16.7 Å². The zero-order chi connectivity index (χ0) is 13.3. The number of benzene rings is 1. The van der Waals surface area contributed by atoms with Gasteiger partial charge in [0.25, 0.3) is 11.1 Å². The minimum absolute atomic E-state index is 0.120. The second-order valence-corrected chi connectivity index (χ2v) is 4.75. The lowest BCUT2D eigenvalue weighted by Gasteiger charge is -2.11. The number of anilines is 1. The van der Waals surface area contributed by atoms with E-state index in [4.69, 9.17) is 5.11 Å². The van der Waals surface area contributed by atoms with Crippen LogP contribution in [0.4, 0.5) is 10.5 Å². The quantitative estimate of drug-likeness (QED) is 0.861. The van der Waals surface area contributed by atoms with Gasteiger partial charge in [0.2, 0.25) is 0 Å². The van der Waals surface area contributed by atoms with Gasteiger partial charge < -0.3 is 10.4 Å². The highest BCUT2D eigenvalue weighted by Crippen LogP contribution is 2.27. The topological polar surface area (TPSA) is 86.7 Å². The summed E-state index contributed by atoms with van der Waals surface area (Å²) < 4.78 is 0. The van der Waals surface area contributed by atoms with Gasteiger partial charge in [-0.05, 0) is 30.0 Å². The maximum Gasteiger partial charge on any atom is 0.335 e. The molecule has 2 amide bonds. The van der Waals surface area contributed by atoms with E-state index in [1.54, 1.807) is 12.1 Å². The first-order chi connectivity index (χ1) is 8.49. The molecule has 1 fully saturated rings. The molecular formula is C11H10N2O4S. The van der Waals surface area contributed by atoms with Crippen LogP contribution < -0.4 is 5.32 Å². The number of amides is 2. The van der Waals surface area contributed by atoms with Crippen LogP contribution >= 0.6 is 11.8 Å². The Morgan fingerprint density at radius 2 is 2.17 bits per heavy atom. The van der Waals surface area contributed by atoms with Gasteiger partial charge in [0.05, 0.1) is 5.56 Å². The number of aromatic carboxylic acids is 1. The molecule has 1 saturated heterocycles. The van der Waals surface area contributed by atoms with Crippen LogP contribution in [0.15, 0.2) is 24.3 Å². The van der Waals surface area contributed by atoms with Crippen molar-refractivity contribution in [3.63, 3.8) is 0 Å². The zero-order valence-corrected chi connectivity index (χ0v) is 10.2. The molecule has 1 heterocycles. The van der Waals surface area contributed by atoms with Gasteiger partial charge in [0.1, 0.15) is 0 Å². The molecule has 0 spiro atoms. The highest BCUT2D eigenvalue weighted by atomic mass is 32.2. The summed E-state index contributed by atoms with van der Waals surface area (Å²) >= 11 is 0.870. The number of carbonyl (C=O) groups excluding carboxylic acids is 2. The maximum absolute atomic E-state index is 11.6. The Morgan fingerprint density at radius 3 is 2.72 bits per heavy atom. The van der Waals surface area contributed by atoms with Crippen LogP contribution in [-0.4, -0.2) is 39.5 Å². The maximum atomic E-state index is 11.6. The Morgan fingerprint density at radius 1 is 1.44 bits per heavy atom. The van der Waals surface area contributed by atoms with Crippen LogP contribution in [0.5, 0.6) is 0 Å². The fourth-order valence-corrected chi connectivity index (χ4v) is 2.38. The first kappa shape index (κ1) is 12.4. The lowest BCUT2D eigenvalue weighted by molar-refractivity contribution is -0.125. The molecule has 0 saturated carbocycles. The van der Waals surface area contributed by atoms with Crippen molar-refractivity contribution in [1.82, 2.24) is 4.90 Å². The summed E-state index contributed by atoms with van der Waals surface area (Å²) in [5, 5.41) is 10.6. The van der Waals surface area contributed by atoms with E-state index in [-0.39, 0.29) is 16.7 Å². The minimum Gasteiger partial charge on any atom is -0.478 e. The van der Waals surface area contributed by atoms with Crippen LogP contribution in [0.25, 0.3) is 0 Å². The molecule has 94 valence electrons. The average molecular weight is 266 g/mol. The largest absolute Gasteiger partial charge is 0.478 e. The molecule has 1 atom stereocenters. The van der Waals surface area contributed by atoms with E-state index in [9.17, 15) is 14.4 Å². The van der Waals surface area contributed by atoms with Gasteiger partial charge in [0, 0.05) is 12.7 Å². The minimum atomic E-state index is -1.04. The molecule has 1 aliphatic rings. The second-order valence-electron chi connectivity index (χ2n) is 3.69. The van der Waals surface area contributed by atoms with Crippen molar-refractivity contribution in [2.75, 3.05) is 12.4 Å². The molecule has 0 bridgehead atoms. The van der Waals surface area contributed by atoms with Crippen LogP contribution in [0.2, 0.25) is 0 Å². The fourth-order valence-electron chi connectivity index (χ4n) is 1.48. The second kappa shape index (κ2) is 4.69. The highest BCUT2D eigenvalue weighted by Gasteiger charge is 2.37. The Bertz CT molecular complexity index is 532. The van der Waals surface area contributed by atoms with Gasteiger partial charge in [-0.25, -0.2) is 4.79 Å². The van der Waals surface area contributed by atoms with E-state index >= 15 is 0 Å². The van der Waals surface area contributed by atoms with Gasteiger partial charge in [-0.3, -0.25) is 14.5 Å². The van der Waals surface area contributed by atoms with E-state index in [2.05, 4.69) is 5.32 Å². The summed E-state index contributed by atoms with van der Waals surface area (Å²) in [6.45, 7) is 0. The van der Waals surface area contributed by atoms with Gasteiger partial charge in [0.15, 0.2) is 5.37 Å². The monoisotopic (exact) mass is 266 g/mol. The fraction of sp³-hybridized carbons (Fsp3) is 0.182. The van der Waals surface area contributed by atoms with Crippen LogP contribution in [0.1, 0.15) is 10.4 Å². The third-order valence-corrected chi connectivity index (χ3v) is 3.49. The molecule has 0 aliphatic carbocycles. The van der Waals surface area contributed by atoms with Gasteiger partial charge in [-0.2, -0.15) is 0 Å². The van der Waals surface area contributed by atoms with Crippen LogP contribution in [0, 0.1) is 0 Å². The Hall–Kier alpha value is -2.02. The summed E-state index contributed by atoms with van der Waals surface area (Å²) in [6.07, 6.45) is 0. The number of carboxylic acids is 1. The third kappa shape index (κ3) is 2.30. The highest BCUT2D eigenvalue weighted by molar-refractivity contribution is 8.15. The number of thioether (sulfide) groups is 1. The third-order valence-electron chi connectivity index (χ3n) is 2.45. The first-order valence-electron chi connectivity index (χ1n) is 5.07. The van der Waals surface area contributed by atoms with Gasteiger partial charge >= 0.3 is 5.97 Å². The Labute approximate surface area is 107 Å². The predicted octanol–water partition coefficient (Wildman–Crippen LogP) is 1.45. The molecule has 6 nitrogen and oxygen atoms in total. The van der Waals surface area contributed by atoms with Crippen LogP contribution in [0.3, 0.4) is 0 Å². The van der Waals surface area contributed by atoms with Crippen molar-refractivity contribution in [2.45, 2.75) is 5.37 Å². The van der Waals surface area contributed by atoms with E-state index in [1.807, 2.05) is 0 Å². The van der Waals surface area contributed by atoms with Crippen molar-refractivity contribution in [3.8, 4) is 0 Å². The number of nitrogens with zero attached hydrogens (tertiary/aromatic N) is 1. The van der Waals surface area contributed by atoms with Gasteiger partial charge in [-0.1, -0.05) is 6.07 Å². The number of hydrogen-bond acceptors (Lipinski definition) is 5. The van der Waals surface area contributed by atoms with E-state index in [0.29, 0.717) is 5.69 Å². The van der Waals surface area contributed by atoms with Gasteiger partial charge in [-0.15, -0.1) is 0 Å². The molecule has 0 aromatic heterocycles. The molecule has 7 heteroatoms. The number of imide groups is 1. The van der Waals surface area contributed by atoms with Crippen molar-refractivity contribution < 1.29 is 19.5 Å². The number of carboxylic acid groups (broad SMARTS) is 1. The molecular weight excluding hydrogens is 256 g/mol. The lowest BCUT2D eigenvalue weighted by Crippen LogP contribution is -2.31. The summed E-state index contributed by atoms with van der Waals surface area (Å²) in [5.41, 5.74) is 0.610. The molecule has 2 rings (SSSR count). The molecule has 0 radical (unpaired) electrons. The summed E-state index contributed by atoms with van der Waals surface area (Å²) in [7, 11) is 1.41. The van der Waals surface area contributed by atoms with Crippen molar-refractivity contribution >= 4 is 34.6 Å². The average Bonchev–Trinajstić information content (AvgIpc) is 2.57. The van der Waals surface area contributed by atoms with Crippen LogP contribution in [-0.2, 0) is 4.79 Å². The number of nitrogens with one attached hydrogen (secondary N) is 1. The molecule has 1 aliphatic heterocycles. The van der Waals surface area contributed by atoms with E-state index < -0.39 is 11.3 Å². The summed E-state index contributed by atoms with van der Waals surface area (Å²) in [5.74, 6) is -1.39. The number of hydrogen-bond donors (Lipinski definition) is 2. The lowest BCUT2D eigenvalue weighted by atomic mass is 10.2. The van der Waals surface area contributed by atoms with E-state index in [1.165, 1.54) is 19.2 Å². The molecule has 1 aromatic rings. The Balaban J connectivity index is 2.15. The molecule has 18 heavy (non-hydrogen) atoms. The van der Waals surface area contributed by atoms with Crippen molar-refractivity contribution in [1.29, 1.82) is 0 Å². The zero-order valence-electron chi connectivity index (χ0n) is 9.41. The normalized spacial score (nSPS) is 19.2. The standard InChI is InChI=1S/C11H10N2O4S/c1-13-9(14)8(18-11(13)17)12-7-4-2-3-6(5-7)10(15)16/h2-5,8,12H,1H3,(H,15,16)/t8-/m1/s1. The number of likely N-dealkylation sites (N-methyl/N-ethyl adjacent to an activating group) is 1. The first-order valence-corrected chi connectivity index (χ1v) is 5.95. The number of rotatable bonds is 3. The van der Waals surface area contributed by atoms with Crippen molar-refractivity contribution in [3.05, 3.63) is 29.8 Å². The SMILES string of the molecule is CN1C(=O)S[C@@H](Nc2cccc(C(=O)O)c2)C1=O. The number of carbonyl (C=O) groups is 3. The summed E-state index contributed by atoms with van der Waals surface area (Å²) in [4.78, 5) is 34.8. The van der Waals surface area contributed by atoms with Crippen molar-refractivity contribution in [2.24, 2.45) is 0 Å². The predicted molar refractivity (Wildman–Crippen MR) is 66.6 cm³/mol. The molecule has 0 unspecified atom stereocenters. The smallest absolute Gasteiger partial charge is 0.335 e. The molecule has 2 N–H and O–H groups in total.